The Labute approximate surface area is 142 Å². The molecule has 0 aliphatic heterocycles. The van der Waals surface area contributed by atoms with Gasteiger partial charge in [-0.15, -0.1) is 0 Å². The van der Waals surface area contributed by atoms with Crippen LogP contribution in [0.1, 0.15) is 25.0 Å². The van der Waals surface area contributed by atoms with Crippen LogP contribution in [0.4, 0.5) is 5.82 Å². The summed E-state index contributed by atoms with van der Waals surface area (Å²) in [4.78, 5) is 11.0. The maximum Gasteiger partial charge on any atom is 0.163 e. The van der Waals surface area contributed by atoms with Crippen LogP contribution in [0.5, 0.6) is 0 Å². The summed E-state index contributed by atoms with van der Waals surface area (Å²) in [6, 6.07) is 9.04. The predicted octanol–water partition coefficient (Wildman–Crippen LogP) is 2.82. The van der Waals surface area contributed by atoms with E-state index < -0.39 is 0 Å². The molecule has 6 heteroatoms. The molecule has 1 N–H and O–H groups in total. The average molecular weight is 324 g/mol. The minimum atomic E-state index is 0.517. The van der Waals surface area contributed by atoms with Gasteiger partial charge in [0.05, 0.1) is 11.6 Å². The van der Waals surface area contributed by atoms with Crippen molar-refractivity contribution in [2.75, 3.05) is 12.4 Å². The van der Waals surface area contributed by atoms with Crippen molar-refractivity contribution in [2.45, 2.75) is 33.0 Å². The molecule has 2 aromatic heterocycles. The van der Waals surface area contributed by atoms with E-state index in [1.165, 1.54) is 11.1 Å². The van der Waals surface area contributed by atoms with Crippen LogP contribution < -0.4 is 5.32 Å². The maximum atomic E-state index is 4.37. The molecule has 1 aromatic carbocycles. The molecule has 0 amide bonds. The van der Waals surface area contributed by atoms with E-state index in [0.717, 1.165) is 29.9 Å². The Balaban J connectivity index is 1.79. The van der Waals surface area contributed by atoms with Crippen molar-refractivity contribution >= 4 is 16.9 Å². The molecule has 0 fully saturated rings. The summed E-state index contributed by atoms with van der Waals surface area (Å²) >= 11 is 0. The van der Waals surface area contributed by atoms with Crippen LogP contribution in [0.3, 0.4) is 0 Å². The van der Waals surface area contributed by atoms with Gasteiger partial charge in [0.25, 0.3) is 0 Å². The second-order valence-electron chi connectivity index (χ2n) is 6.36. The summed E-state index contributed by atoms with van der Waals surface area (Å²) in [5.74, 6) is 0.820. The highest BCUT2D eigenvalue weighted by atomic mass is 15.3. The lowest BCUT2D eigenvalue weighted by molar-refractivity contribution is 0.265. The van der Waals surface area contributed by atoms with Gasteiger partial charge in [0.2, 0.25) is 0 Å². The van der Waals surface area contributed by atoms with E-state index in [-0.39, 0.29) is 0 Å². The van der Waals surface area contributed by atoms with Crippen LogP contribution in [0.15, 0.2) is 36.8 Å². The molecule has 0 bridgehead atoms. The minimum Gasteiger partial charge on any atom is -0.365 e. The van der Waals surface area contributed by atoms with Crippen molar-refractivity contribution in [1.82, 2.24) is 24.6 Å². The lowest BCUT2D eigenvalue weighted by Crippen LogP contribution is -2.26. The van der Waals surface area contributed by atoms with Crippen LogP contribution in [-0.2, 0) is 20.1 Å². The molecule has 3 aromatic rings. The molecule has 0 saturated heterocycles. The van der Waals surface area contributed by atoms with Crippen molar-refractivity contribution < 1.29 is 0 Å². The number of fused-ring (bicyclic) bond motifs is 1. The first-order chi connectivity index (χ1) is 11.6. The third kappa shape index (κ3) is 3.38. The summed E-state index contributed by atoms with van der Waals surface area (Å²) in [6.45, 7) is 6.08. The van der Waals surface area contributed by atoms with Gasteiger partial charge in [0.1, 0.15) is 12.1 Å². The molecular weight excluding hydrogens is 300 g/mol. The number of aromatic nitrogens is 4. The fraction of sp³-hybridized carbons (Fsp3) is 0.389. The summed E-state index contributed by atoms with van der Waals surface area (Å²) < 4.78 is 1.76. The molecule has 0 saturated carbocycles. The van der Waals surface area contributed by atoms with Crippen LogP contribution in [0.25, 0.3) is 11.0 Å². The highest BCUT2D eigenvalue weighted by Gasteiger charge is 2.10. The fourth-order valence-corrected chi connectivity index (χ4v) is 2.62. The highest BCUT2D eigenvalue weighted by Crippen LogP contribution is 2.20. The summed E-state index contributed by atoms with van der Waals surface area (Å²) in [5.41, 5.74) is 3.44. The normalized spacial score (nSPS) is 11.6. The molecule has 0 atom stereocenters. The zero-order valence-corrected chi connectivity index (χ0v) is 14.7. The average Bonchev–Trinajstić information content (AvgIpc) is 2.96. The van der Waals surface area contributed by atoms with Crippen LogP contribution >= 0.6 is 0 Å². The zero-order chi connectivity index (χ0) is 17.1. The number of nitrogens with zero attached hydrogens (tertiary/aromatic N) is 5. The van der Waals surface area contributed by atoms with E-state index in [1.54, 1.807) is 17.2 Å². The molecule has 0 radical (unpaired) electrons. The standard InChI is InChI=1S/C18H24N6/c1-13(2)23(3)11-15-8-6-5-7-14(15)9-19-17-16-10-22-24(4)18(16)21-12-20-17/h5-8,10,12-13H,9,11H2,1-4H3,(H,19,20,21). The van der Waals surface area contributed by atoms with Crippen molar-refractivity contribution in [1.29, 1.82) is 0 Å². The van der Waals surface area contributed by atoms with Gasteiger partial charge in [-0.3, -0.25) is 9.58 Å². The fourth-order valence-electron chi connectivity index (χ4n) is 2.62. The minimum absolute atomic E-state index is 0.517. The molecule has 3 rings (SSSR count). The molecule has 0 spiro atoms. The zero-order valence-electron chi connectivity index (χ0n) is 14.7. The first-order valence-corrected chi connectivity index (χ1v) is 8.20. The first-order valence-electron chi connectivity index (χ1n) is 8.20. The van der Waals surface area contributed by atoms with E-state index in [2.05, 4.69) is 70.4 Å². The second-order valence-corrected chi connectivity index (χ2v) is 6.36. The maximum absolute atomic E-state index is 4.37. The Morgan fingerprint density at radius 2 is 1.92 bits per heavy atom. The monoisotopic (exact) mass is 324 g/mol. The number of benzene rings is 1. The second kappa shape index (κ2) is 6.97. The van der Waals surface area contributed by atoms with E-state index >= 15 is 0 Å². The van der Waals surface area contributed by atoms with Crippen molar-refractivity contribution in [2.24, 2.45) is 7.05 Å². The Morgan fingerprint density at radius 3 is 2.67 bits per heavy atom. The number of aryl methyl sites for hydroxylation is 1. The third-order valence-corrected chi connectivity index (χ3v) is 4.40. The molecule has 0 aliphatic carbocycles. The Kier molecular flexibility index (Phi) is 4.76. The van der Waals surface area contributed by atoms with Crippen LogP contribution in [0, 0.1) is 0 Å². The van der Waals surface area contributed by atoms with Gasteiger partial charge < -0.3 is 5.32 Å². The van der Waals surface area contributed by atoms with Crippen molar-refractivity contribution in [3.05, 3.63) is 47.9 Å². The third-order valence-electron chi connectivity index (χ3n) is 4.40. The van der Waals surface area contributed by atoms with E-state index in [4.69, 9.17) is 0 Å². The van der Waals surface area contributed by atoms with Gasteiger partial charge in [-0.05, 0) is 32.0 Å². The van der Waals surface area contributed by atoms with Crippen molar-refractivity contribution in [3.8, 4) is 0 Å². The quantitative estimate of drug-likeness (QED) is 0.755. The highest BCUT2D eigenvalue weighted by molar-refractivity contribution is 5.85. The molecule has 24 heavy (non-hydrogen) atoms. The lowest BCUT2D eigenvalue weighted by Gasteiger charge is -2.22. The summed E-state index contributed by atoms with van der Waals surface area (Å²) in [7, 11) is 4.04. The molecule has 0 unspecified atom stereocenters. The van der Waals surface area contributed by atoms with Gasteiger partial charge in [-0.25, -0.2) is 9.97 Å². The van der Waals surface area contributed by atoms with Crippen LogP contribution in [-0.4, -0.2) is 37.7 Å². The molecule has 126 valence electrons. The van der Waals surface area contributed by atoms with Gasteiger partial charge in [-0.1, -0.05) is 24.3 Å². The Hall–Kier alpha value is -2.47. The van der Waals surface area contributed by atoms with Gasteiger partial charge >= 0.3 is 0 Å². The molecule has 2 heterocycles. The van der Waals surface area contributed by atoms with Crippen LogP contribution in [0.2, 0.25) is 0 Å². The smallest absolute Gasteiger partial charge is 0.163 e. The SMILES string of the molecule is CC(C)N(C)Cc1ccccc1CNc1ncnc2c1cnn2C. The Morgan fingerprint density at radius 1 is 1.17 bits per heavy atom. The predicted molar refractivity (Wildman–Crippen MR) is 96.7 cm³/mol. The number of nitrogens with one attached hydrogen (secondary N) is 1. The topological polar surface area (TPSA) is 58.9 Å². The van der Waals surface area contributed by atoms with E-state index in [9.17, 15) is 0 Å². The molecule has 0 aliphatic rings. The molecular formula is C18H24N6. The van der Waals surface area contributed by atoms with Gasteiger partial charge in [0.15, 0.2) is 5.65 Å². The lowest BCUT2D eigenvalue weighted by atomic mass is 10.1. The largest absolute Gasteiger partial charge is 0.365 e. The van der Waals surface area contributed by atoms with Gasteiger partial charge in [-0.2, -0.15) is 5.10 Å². The van der Waals surface area contributed by atoms with Gasteiger partial charge in [0, 0.05) is 26.2 Å². The number of hydrogen-bond donors (Lipinski definition) is 1. The number of anilines is 1. The Bertz CT molecular complexity index is 823. The van der Waals surface area contributed by atoms with E-state index in [1.807, 2.05) is 7.05 Å². The first kappa shape index (κ1) is 16.4. The number of hydrogen-bond acceptors (Lipinski definition) is 5. The molecule has 6 nitrogen and oxygen atoms in total. The number of rotatable bonds is 6. The van der Waals surface area contributed by atoms with Crippen molar-refractivity contribution in [3.63, 3.8) is 0 Å². The summed E-state index contributed by atoms with van der Waals surface area (Å²) in [5, 5.41) is 8.63. The summed E-state index contributed by atoms with van der Waals surface area (Å²) in [6.07, 6.45) is 3.38. The van der Waals surface area contributed by atoms with E-state index in [0.29, 0.717) is 6.04 Å².